The van der Waals surface area contributed by atoms with Crippen LogP contribution in [-0.4, -0.2) is 96.7 Å². The van der Waals surface area contributed by atoms with Crippen LogP contribution in [0.15, 0.2) is 0 Å². The van der Waals surface area contributed by atoms with Crippen molar-refractivity contribution in [2.24, 2.45) is 23.7 Å². The van der Waals surface area contributed by atoms with Crippen LogP contribution in [0.1, 0.15) is 376 Å². The molecule has 0 aliphatic carbocycles. The number of carbonyl (C=O) groups excluding carboxylic acids is 4. The lowest BCUT2D eigenvalue weighted by Crippen LogP contribution is -2.30. The summed E-state index contributed by atoms with van der Waals surface area (Å²) in [5.41, 5.74) is 0. The first-order valence-electron chi connectivity index (χ1n) is 38.8. The van der Waals surface area contributed by atoms with Crippen LogP contribution in [0.4, 0.5) is 0 Å². The van der Waals surface area contributed by atoms with E-state index in [1.165, 1.54) is 173 Å². The molecule has 17 nitrogen and oxygen atoms in total. The second-order valence-corrected chi connectivity index (χ2v) is 31.1. The van der Waals surface area contributed by atoms with E-state index in [4.69, 9.17) is 37.0 Å². The first kappa shape index (κ1) is 92.1. The molecule has 0 saturated carbocycles. The van der Waals surface area contributed by atoms with Crippen LogP contribution in [0, 0.1) is 23.7 Å². The van der Waals surface area contributed by atoms with Gasteiger partial charge in [-0.15, -0.1) is 0 Å². The normalized spacial score (nSPS) is 15.0. The Balaban J connectivity index is 5.27. The first-order valence-corrected chi connectivity index (χ1v) is 41.8. The molecular formula is C75H146O17P2. The Morgan fingerprint density at radius 2 is 0.511 bits per heavy atom. The van der Waals surface area contributed by atoms with E-state index in [2.05, 4.69) is 55.4 Å². The summed E-state index contributed by atoms with van der Waals surface area (Å²) in [6, 6.07) is 0. The Labute approximate surface area is 575 Å². The highest BCUT2D eigenvalue weighted by molar-refractivity contribution is 7.47. The van der Waals surface area contributed by atoms with Crippen LogP contribution >= 0.6 is 15.6 Å². The summed E-state index contributed by atoms with van der Waals surface area (Å²) in [4.78, 5) is 72.8. The summed E-state index contributed by atoms with van der Waals surface area (Å²) < 4.78 is 68.5. The van der Waals surface area contributed by atoms with E-state index in [9.17, 15) is 43.2 Å². The molecule has 8 atom stereocenters. The van der Waals surface area contributed by atoms with Gasteiger partial charge in [0.2, 0.25) is 0 Å². The number of ether oxygens (including phenoxy) is 4. The molecule has 0 spiro atoms. The highest BCUT2D eigenvalue weighted by Gasteiger charge is 2.30. The van der Waals surface area contributed by atoms with E-state index in [1.54, 1.807) is 0 Å². The van der Waals surface area contributed by atoms with Crippen LogP contribution in [0.3, 0.4) is 0 Å². The van der Waals surface area contributed by atoms with E-state index in [1.807, 2.05) is 0 Å². The molecule has 0 aromatic rings. The molecule has 0 aliphatic rings. The molecule has 3 N–H and O–H groups in total. The molecule has 0 rings (SSSR count). The SMILES string of the molecule is CCC(C)CCCCCCCCCCCCC(=O)OC[C@H](COP(=O)(O)OC[C@@H](O)COP(=O)(O)OC[C@@H](COC(=O)CCCCCCCCC(C)CC)OC(=O)CCCCCCCCCCCCCCCC(C)C)OC(=O)CCCCCCCCCCCCC(C)CC. The molecule has 94 heavy (non-hydrogen) atoms. The van der Waals surface area contributed by atoms with Gasteiger partial charge < -0.3 is 33.8 Å². The summed E-state index contributed by atoms with van der Waals surface area (Å²) in [7, 11) is -9.91. The van der Waals surface area contributed by atoms with Gasteiger partial charge in [0, 0.05) is 25.7 Å². The van der Waals surface area contributed by atoms with Gasteiger partial charge in [-0.2, -0.15) is 0 Å². The molecule has 0 aliphatic heterocycles. The Morgan fingerprint density at radius 3 is 0.755 bits per heavy atom. The van der Waals surface area contributed by atoms with Crippen molar-refractivity contribution in [2.45, 2.75) is 395 Å². The number of hydrogen-bond acceptors (Lipinski definition) is 15. The van der Waals surface area contributed by atoms with E-state index in [-0.39, 0.29) is 25.7 Å². The Bertz CT molecular complexity index is 1860. The van der Waals surface area contributed by atoms with E-state index in [0.29, 0.717) is 25.7 Å². The number of phosphoric acid groups is 2. The Morgan fingerprint density at radius 1 is 0.298 bits per heavy atom. The summed E-state index contributed by atoms with van der Waals surface area (Å²) in [6.07, 6.45) is 48.4. The van der Waals surface area contributed by atoms with Crippen molar-refractivity contribution < 1.29 is 80.2 Å². The van der Waals surface area contributed by atoms with Crippen molar-refractivity contribution in [1.29, 1.82) is 0 Å². The van der Waals surface area contributed by atoms with Crippen molar-refractivity contribution in [3.05, 3.63) is 0 Å². The number of unbranched alkanes of at least 4 members (excludes halogenated alkanes) is 35. The van der Waals surface area contributed by atoms with Crippen LogP contribution in [0.5, 0.6) is 0 Å². The maximum atomic E-state index is 13.1. The van der Waals surface area contributed by atoms with Gasteiger partial charge in [-0.25, -0.2) is 9.13 Å². The van der Waals surface area contributed by atoms with Crippen LogP contribution in [0.2, 0.25) is 0 Å². The number of carbonyl (C=O) groups is 4. The molecule has 5 unspecified atom stereocenters. The van der Waals surface area contributed by atoms with Crippen molar-refractivity contribution in [3.8, 4) is 0 Å². The Hall–Kier alpha value is -1.94. The molecule has 0 bridgehead atoms. The third-order valence-corrected chi connectivity index (χ3v) is 20.3. The summed E-state index contributed by atoms with van der Waals surface area (Å²) in [5.74, 6) is 1.01. The standard InChI is InChI=1S/C75H146O17P2/c1-9-66(6)52-44-36-28-22-17-19-24-30-39-47-55-72(77)85-61-70(91-75(80)58-50-42-32-26-20-18-23-29-37-45-53-67(7)10-2)63-89-93(81,82)87-59-69(76)60-88-94(83,84)90-64-71(62-86-73(78)56-48-40-34-33-38-46-54-68(8)11-3)92-74(79)57-49-41-31-25-16-14-12-13-15-21-27-35-43-51-65(4)5/h65-71,76H,9-64H2,1-8H3,(H,81,82)(H,83,84)/t66?,67?,68?,69-,70-,71-/m1/s1. The molecule has 0 radical (unpaired) electrons. The maximum Gasteiger partial charge on any atom is 0.472 e. The number of aliphatic hydroxyl groups is 1. The molecule has 0 saturated heterocycles. The summed E-state index contributed by atoms with van der Waals surface area (Å²) in [6.45, 7) is 14.2. The summed E-state index contributed by atoms with van der Waals surface area (Å²) >= 11 is 0. The predicted molar refractivity (Wildman–Crippen MR) is 381 cm³/mol. The Kier molecular flexibility index (Phi) is 63.1. The number of phosphoric ester groups is 2. The highest BCUT2D eigenvalue weighted by atomic mass is 31.2. The number of esters is 4. The van der Waals surface area contributed by atoms with Crippen molar-refractivity contribution in [1.82, 2.24) is 0 Å². The van der Waals surface area contributed by atoms with Gasteiger partial charge >= 0.3 is 39.5 Å². The fraction of sp³-hybridized carbons (Fsp3) is 0.947. The molecule has 0 aromatic carbocycles. The van der Waals surface area contributed by atoms with Crippen molar-refractivity contribution in [3.63, 3.8) is 0 Å². The lowest BCUT2D eigenvalue weighted by molar-refractivity contribution is -0.161. The second-order valence-electron chi connectivity index (χ2n) is 28.2. The lowest BCUT2D eigenvalue weighted by atomic mass is 9.99. The minimum absolute atomic E-state index is 0.106. The topological polar surface area (TPSA) is 237 Å². The number of hydrogen-bond donors (Lipinski definition) is 3. The molecular weight excluding hydrogens is 1230 g/mol. The van der Waals surface area contributed by atoms with Gasteiger partial charge in [0.15, 0.2) is 12.2 Å². The van der Waals surface area contributed by atoms with Gasteiger partial charge in [-0.05, 0) is 49.4 Å². The molecule has 0 aromatic heterocycles. The third kappa shape index (κ3) is 64.7. The van der Waals surface area contributed by atoms with Crippen LogP contribution in [-0.2, 0) is 65.4 Å². The maximum absolute atomic E-state index is 13.1. The summed E-state index contributed by atoms with van der Waals surface area (Å²) in [5, 5.41) is 10.6. The van der Waals surface area contributed by atoms with E-state index < -0.39 is 97.5 Å². The predicted octanol–water partition coefficient (Wildman–Crippen LogP) is 21.7. The average molecular weight is 1380 g/mol. The fourth-order valence-corrected chi connectivity index (χ4v) is 12.9. The van der Waals surface area contributed by atoms with Gasteiger partial charge in [0.25, 0.3) is 0 Å². The van der Waals surface area contributed by atoms with Gasteiger partial charge in [0.05, 0.1) is 26.4 Å². The van der Waals surface area contributed by atoms with Gasteiger partial charge in [0.1, 0.15) is 19.3 Å². The van der Waals surface area contributed by atoms with E-state index >= 15 is 0 Å². The molecule has 0 amide bonds. The fourth-order valence-electron chi connectivity index (χ4n) is 11.3. The largest absolute Gasteiger partial charge is 0.472 e. The smallest absolute Gasteiger partial charge is 0.462 e. The van der Waals surface area contributed by atoms with Crippen molar-refractivity contribution in [2.75, 3.05) is 39.6 Å². The zero-order valence-electron chi connectivity index (χ0n) is 61.6. The van der Waals surface area contributed by atoms with E-state index in [0.717, 1.165) is 120 Å². The molecule has 0 fully saturated rings. The monoisotopic (exact) mass is 1380 g/mol. The second kappa shape index (κ2) is 64.4. The van der Waals surface area contributed by atoms with Crippen LogP contribution in [0.25, 0.3) is 0 Å². The van der Waals surface area contributed by atoms with Gasteiger partial charge in [-0.3, -0.25) is 37.3 Å². The van der Waals surface area contributed by atoms with Crippen LogP contribution < -0.4 is 0 Å². The average Bonchev–Trinajstić information content (AvgIpc) is 2.61. The van der Waals surface area contributed by atoms with Crippen molar-refractivity contribution >= 4 is 39.5 Å². The quantitative estimate of drug-likeness (QED) is 0.0222. The molecule has 19 heteroatoms. The zero-order valence-corrected chi connectivity index (χ0v) is 63.4. The third-order valence-electron chi connectivity index (χ3n) is 18.4. The highest BCUT2D eigenvalue weighted by Crippen LogP contribution is 2.45. The first-order chi connectivity index (χ1) is 45.2. The number of rotatable bonds is 72. The minimum atomic E-state index is -4.96. The minimum Gasteiger partial charge on any atom is -0.462 e. The van der Waals surface area contributed by atoms with Gasteiger partial charge in [-0.1, -0.05) is 325 Å². The number of aliphatic hydroxyl groups excluding tert-OH is 1. The molecule has 558 valence electrons. The zero-order chi connectivity index (χ0) is 69.6. The molecule has 0 heterocycles. The lowest BCUT2D eigenvalue weighted by Gasteiger charge is -2.21.